The van der Waals surface area contributed by atoms with E-state index in [0.29, 0.717) is 6.54 Å². The van der Waals surface area contributed by atoms with Gasteiger partial charge >= 0.3 is 0 Å². The van der Waals surface area contributed by atoms with Crippen molar-refractivity contribution < 1.29 is 4.79 Å². The number of amides is 1. The van der Waals surface area contributed by atoms with E-state index >= 15 is 0 Å². The van der Waals surface area contributed by atoms with Crippen molar-refractivity contribution in [2.24, 2.45) is 5.92 Å². The third-order valence-electron chi connectivity index (χ3n) is 2.47. The molecule has 17 heavy (non-hydrogen) atoms. The average molecular weight is 265 g/mol. The molecule has 2 rings (SSSR count). The third kappa shape index (κ3) is 3.17. The smallest absolute Gasteiger partial charge is 0.222 e. The van der Waals surface area contributed by atoms with E-state index < -0.39 is 0 Å². The van der Waals surface area contributed by atoms with Crippen molar-refractivity contribution in [2.45, 2.75) is 20.4 Å². The second-order valence-corrected chi connectivity index (χ2v) is 5.96. The minimum Gasteiger partial charge on any atom is -0.351 e. The minimum absolute atomic E-state index is 0.0475. The van der Waals surface area contributed by atoms with Crippen LogP contribution in [0.3, 0.4) is 0 Å². The van der Waals surface area contributed by atoms with Gasteiger partial charge in [0.2, 0.25) is 5.91 Å². The zero-order valence-electron chi connectivity index (χ0n) is 9.90. The van der Waals surface area contributed by atoms with E-state index in [1.807, 2.05) is 13.8 Å². The molecule has 90 valence electrons. The van der Waals surface area contributed by atoms with Crippen LogP contribution >= 0.6 is 22.7 Å². The van der Waals surface area contributed by atoms with Gasteiger partial charge in [-0.05, 0) is 39.4 Å². The van der Waals surface area contributed by atoms with Crippen LogP contribution in [-0.2, 0) is 11.3 Å². The molecule has 0 unspecified atom stereocenters. The molecule has 0 spiro atoms. The molecule has 0 aromatic carbocycles. The maximum absolute atomic E-state index is 11.4. The van der Waals surface area contributed by atoms with E-state index in [4.69, 9.17) is 0 Å². The summed E-state index contributed by atoms with van der Waals surface area (Å²) in [6.45, 7) is 4.44. The van der Waals surface area contributed by atoms with Crippen LogP contribution < -0.4 is 5.32 Å². The number of carbonyl (C=O) groups excluding carboxylic acids is 1. The van der Waals surface area contributed by atoms with Gasteiger partial charge < -0.3 is 5.32 Å². The summed E-state index contributed by atoms with van der Waals surface area (Å²) >= 11 is 3.39. The molecule has 0 aliphatic rings. The Balaban J connectivity index is 1.97. The fourth-order valence-corrected chi connectivity index (χ4v) is 2.93. The lowest BCUT2D eigenvalue weighted by Crippen LogP contribution is -2.26. The highest BCUT2D eigenvalue weighted by atomic mass is 32.1. The first-order chi connectivity index (χ1) is 8.16. The number of nitrogens with one attached hydrogen (secondary N) is 1. The lowest BCUT2D eigenvalue weighted by Gasteiger charge is -2.05. The van der Waals surface area contributed by atoms with Crippen molar-refractivity contribution in [1.82, 2.24) is 5.32 Å². The monoisotopic (exact) mass is 265 g/mol. The highest BCUT2D eigenvalue weighted by Gasteiger charge is 2.07. The molecule has 2 aromatic rings. The van der Waals surface area contributed by atoms with Crippen molar-refractivity contribution in [1.29, 1.82) is 0 Å². The summed E-state index contributed by atoms with van der Waals surface area (Å²) in [5.74, 6) is 0.154. The molecule has 4 heteroatoms. The van der Waals surface area contributed by atoms with Crippen LogP contribution in [0.1, 0.15) is 18.7 Å². The molecule has 0 saturated heterocycles. The fraction of sp³-hybridized carbons (Fsp3) is 0.308. The van der Waals surface area contributed by atoms with Crippen molar-refractivity contribution in [2.75, 3.05) is 0 Å². The molecule has 0 fully saturated rings. The lowest BCUT2D eigenvalue weighted by molar-refractivity contribution is -0.124. The Kier molecular flexibility index (Phi) is 3.97. The molecule has 0 saturated carbocycles. The molecule has 1 N–H and O–H groups in total. The van der Waals surface area contributed by atoms with E-state index in [1.54, 1.807) is 22.7 Å². The topological polar surface area (TPSA) is 29.1 Å². The molecule has 1 amide bonds. The number of hydrogen-bond acceptors (Lipinski definition) is 3. The van der Waals surface area contributed by atoms with Gasteiger partial charge in [0.05, 0.1) is 6.54 Å². The number of rotatable bonds is 4. The van der Waals surface area contributed by atoms with Crippen LogP contribution in [0, 0.1) is 5.92 Å². The predicted octanol–water partition coefficient (Wildman–Crippen LogP) is 3.75. The number of carbonyl (C=O) groups is 1. The minimum atomic E-state index is 0.0475. The van der Waals surface area contributed by atoms with Crippen molar-refractivity contribution >= 4 is 28.6 Å². The molecule has 0 aliphatic carbocycles. The van der Waals surface area contributed by atoms with Crippen LogP contribution in [-0.4, -0.2) is 5.91 Å². The molecule has 0 bridgehead atoms. The maximum atomic E-state index is 11.4. The lowest BCUT2D eigenvalue weighted by atomic mass is 10.2. The molecular formula is C13H15NOS2. The molecular weight excluding hydrogens is 250 g/mol. The Morgan fingerprint density at radius 3 is 2.82 bits per heavy atom. The molecule has 2 aromatic heterocycles. The number of hydrogen-bond donors (Lipinski definition) is 1. The molecule has 0 atom stereocenters. The van der Waals surface area contributed by atoms with Crippen LogP contribution in [0.5, 0.6) is 0 Å². The van der Waals surface area contributed by atoms with Crippen molar-refractivity contribution in [3.8, 4) is 11.1 Å². The average Bonchev–Trinajstić information content (AvgIpc) is 2.95. The standard InChI is InChI=1S/C13H15NOS2/c1-9(2)13(15)14-6-12-5-11(8-17-12)10-3-4-16-7-10/h3-5,7-9H,6H2,1-2H3,(H,14,15). The second-order valence-electron chi connectivity index (χ2n) is 4.19. The Hall–Kier alpha value is -1.13. The summed E-state index contributed by atoms with van der Waals surface area (Å²) in [5, 5.41) is 9.28. The Morgan fingerprint density at radius 2 is 2.18 bits per heavy atom. The first-order valence-corrected chi connectivity index (χ1v) is 7.37. The quantitative estimate of drug-likeness (QED) is 0.896. The van der Waals surface area contributed by atoms with E-state index in [1.165, 1.54) is 16.0 Å². The third-order valence-corrected chi connectivity index (χ3v) is 4.09. The van der Waals surface area contributed by atoms with Gasteiger partial charge in [0, 0.05) is 10.8 Å². The van der Waals surface area contributed by atoms with Gasteiger partial charge in [-0.2, -0.15) is 11.3 Å². The van der Waals surface area contributed by atoms with Gasteiger partial charge in [0.15, 0.2) is 0 Å². The second kappa shape index (κ2) is 5.47. The Bertz CT molecular complexity index is 485. The first-order valence-electron chi connectivity index (χ1n) is 5.54. The van der Waals surface area contributed by atoms with Gasteiger partial charge in [0.1, 0.15) is 0 Å². The largest absolute Gasteiger partial charge is 0.351 e. The van der Waals surface area contributed by atoms with E-state index in [-0.39, 0.29) is 11.8 Å². The highest BCUT2D eigenvalue weighted by molar-refractivity contribution is 7.10. The summed E-state index contributed by atoms with van der Waals surface area (Å²) in [6.07, 6.45) is 0. The van der Waals surface area contributed by atoms with Gasteiger partial charge in [-0.15, -0.1) is 11.3 Å². The first kappa shape index (κ1) is 12.3. The zero-order chi connectivity index (χ0) is 12.3. The summed E-state index contributed by atoms with van der Waals surface area (Å²) in [4.78, 5) is 12.6. The summed E-state index contributed by atoms with van der Waals surface area (Å²) in [7, 11) is 0. The van der Waals surface area contributed by atoms with E-state index in [2.05, 4.69) is 33.6 Å². The van der Waals surface area contributed by atoms with Crippen LogP contribution in [0.4, 0.5) is 0 Å². The summed E-state index contributed by atoms with van der Waals surface area (Å²) < 4.78 is 0. The highest BCUT2D eigenvalue weighted by Crippen LogP contribution is 2.27. The molecule has 2 nitrogen and oxygen atoms in total. The van der Waals surface area contributed by atoms with Crippen molar-refractivity contribution in [3.05, 3.63) is 33.2 Å². The van der Waals surface area contributed by atoms with Gasteiger partial charge in [-0.1, -0.05) is 13.8 Å². The summed E-state index contributed by atoms with van der Waals surface area (Å²) in [5.41, 5.74) is 2.50. The van der Waals surface area contributed by atoms with Crippen LogP contribution in [0.15, 0.2) is 28.3 Å². The normalized spacial score (nSPS) is 10.8. The van der Waals surface area contributed by atoms with Gasteiger partial charge in [-0.25, -0.2) is 0 Å². The number of thiophene rings is 2. The van der Waals surface area contributed by atoms with E-state index in [9.17, 15) is 4.79 Å². The van der Waals surface area contributed by atoms with Crippen molar-refractivity contribution in [3.63, 3.8) is 0 Å². The maximum Gasteiger partial charge on any atom is 0.222 e. The van der Waals surface area contributed by atoms with Crippen LogP contribution in [0.2, 0.25) is 0 Å². The predicted molar refractivity (Wildman–Crippen MR) is 74.3 cm³/mol. The molecule has 2 heterocycles. The fourth-order valence-electron chi connectivity index (χ4n) is 1.43. The summed E-state index contributed by atoms with van der Waals surface area (Å²) in [6, 6.07) is 4.26. The molecule has 0 radical (unpaired) electrons. The Labute approximate surface area is 109 Å². The Morgan fingerprint density at radius 1 is 1.35 bits per heavy atom. The molecule has 0 aliphatic heterocycles. The van der Waals surface area contributed by atoms with E-state index in [0.717, 1.165) is 0 Å². The SMILES string of the molecule is CC(C)C(=O)NCc1cc(-c2ccsc2)cs1. The van der Waals surface area contributed by atoms with Gasteiger partial charge in [0.25, 0.3) is 0 Å². The van der Waals surface area contributed by atoms with Gasteiger partial charge in [-0.3, -0.25) is 4.79 Å². The zero-order valence-corrected chi connectivity index (χ0v) is 11.5. The van der Waals surface area contributed by atoms with Crippen LogP contribution in [0.25, 0.3) is 11.1 Å².